The standard InChI is InChI=1S/C12H18N2O2/c1-10(8-12(15)16-2)14-13-9-11-6-4-3-5-7-11/h3-7,10,13-14H,8-9H2,1-2H3/t10-/m1/s1. The van der Waals surface area contributed by atoms with Crippen molar-refractivity contribution in [1.82, 2.24) is 10.9 Å². The van der Waals surface area contributed by atoms with Gasteiger partial charge in [0.15, 0.2) is 0 Å². The van der Waals surface area contributed by atoms with E-state index in [1.54, 1.807) is 0 Å². The Labute approximate surface area is 96.0 Å². The van der Waals surface area contributed by atoms with Crippen LogP contribution >= 0.6 is 0 Å². The summed E-state index contributed by atoms with van der Waals surface area (Å²) < 4.78 is 4.58. The molecule has 0 amide bonds. The average molecular weight is 222 g/mol. The predicted octanol–water partition coefficient (Wildman–Crippen LogP) is 1.23. The number of hydrazine groups is 1. The molecule has 0 heterocycles. The summed E-state index contributed by atoms with van der Waals surface area (Å²) in [5.41, 5.74) is 7.31. The SMILES string of the molecule is COC(=O)C[C@@H](C)NNCc1ccccc1. The van der Waals surface area contributed by atoms with Crippen LogP contribution in [0.25, 0.3) is 0 Å². The van der Waals surface area contributed by atoms with E-state index in [9.17, 15) is 4.79 Å². The number of methoxy groups -OCH3 is 1. The van der Waals surface area contributed by atoms with Crippen molar-refractivity contribution >= 4 is 5.97 Å². The third kappa shape index (κ3) is 4.91. The summed E-state index contributed by atoms with van der Waals surface area (Å²) >= 11 is 0. The number of hydrogen-bond acceptors (Lipinski definition) is 4. The van der Waals surface area contributed by atoms with Crippen LogP contribution in [0.15, 0.2) is 30.3 Å². The Bertz CT molecular complexity index is 314. The largest absolute Gasteiger partial charge is 0.469 e. The fourth-order valence-electron chi connectivity index (χ4n) is 1.31. The molecule has 0 aromatic heterocycles. The molecule has 1 atom stereocenters. The molecule has 0 spiro atoms. The van der Waals surface area contributed by atoms with Crippen LogP contribution in [0.1, 0.15) is 18.9 Å². The van der Waals surface area contributed by atoms with Crippen molar-refractivity contribution in [1.29, 1.82) is 0 Å². The lowest BCUT2D eigenvalue weighted by molar-refractivity contribution is -0.141. The summed E-state index contributed by atoms with van der Waals surface area (Å²) in [4.78, 5) is 11.0. The Morgan fingerprint density at radius 1 is 1.38 bits per heavy atom. The molecule has 4 heteroatoms. The van der Waals surface area contributed by atoms with Gasteiger partial charge in [-0.2, -0.15) is 0 Å². The lowest BCUT2D eigenvalue weighted by Gasteiger charge is -2.13. The predicted molar refractivity (Wildman–Crippen MR) is 62.5 cm³/mol. The van der Waals surface area contributed by atoms with Crippen molar-refractivity contribution in [3.8, 4) is 0 Å². The molecule has 1 aromatic rings. The fraction of sp³-hybridized carbons (Fsp3) is 0.417. The van der Waals surface area contributed by atoms with Crippen LogP contribution in [0, 0.1) is 0 Å². The smallest absolute Gasteiger partial charge is 0.307 e. The van der Waals surface area contributed by atoms with Gasteiger partial charge in [-0.25, -0.2) is 0 Å². The maximum absolute atomic E-state index is 11.0. The van der Waals surface area contributed by atoms with E-state index < -0.39 is 0 Å². The van der Waals surface area contributed by atoms with Crippen LogP contribution in [0.3, 0.4) is 0 Å². The molecule has 0 aliphatic heterocycles. The highest BCUT2D eigenvalue weighted by atomic mass is 16.5. The van der Waals surface area contributed by atoms with Gasteiger partial charge in [0.2, 0.25) is 0 Å². The number of ether oxygens (including phenoxy) is 1. The first-order valence-corrected chi connectivity index (χ1v) is 5.31. The fourth-order valence-corrected chi connectivity index (χ4v) is 1.31. The zero-order valence-corrected chi connectivity index (χ0v) is 9.69. The highest BCUT2D eigenvalue weighted by molar-refractivity contribution is 5.69. The molecule has 0 saturated heterocycles. The van der Waals surface area contributed by atoms with E-state index in [-0.39, 0.29) is 12.0 Å². The summed E-state index contributed by atoms with van der Waals surface area (Å²) in [6.45, 7) is 2.65. The first kappa shape index (κ1) is 12.7. The van der Waals surface area contributed by atoms with Gasteiger partial charge < -0.3 is 4.74 Å². The highest BCUT2D eigenvalue weighted by Crippen LogP contribution is 1.97. The number of rotatable bonds is 6. The molecule has 0 unspecified atom stereocenters. The third-order valence-corrected chi connectivity index (χ3v) is 2.18. The Hall–Kier alpha value is -1.39. The van der Waals surface area contributed by atoms with Crippen molar-refractivity contribution in [3.63, 3.8) is 0 Å². The minimum atomic E-state index is -0.207. The minimum absolute atomic E-state index is 0.0520. The molecule has 0 aliphatic rings. The van der Waals surface area contributed by atoms with Crippen LogP contribution in [-0.2, 0) is 16.1 Å². The van der Waals surface area contributed by atoms with Gasteiger partial charge >= 0.3 is 5.97 Å². The number of esters is 1. The second kappa shape index (κ2) is 6.98. The van der Waals surface area contributed by atoms with Gasteiger partial charge in [-0.1, -0.05) is 30.3 Å². The van der Waals surface area contributed by atoms with Crippen molar-refractivity contribution in [2.75, 3.05) is 7.11 Å². The molecule has 0 radical (unpaired) electrons. The zero-order valence-electron chi connectivity index (χ0n) is 9.69. The molecule has 1 rings (SSSR count). The summed E-state index contributed by atoms with van der Waals surface area (Å²) in [6, 6.07) is 10.1. The summed E-state index contributed by atoms with van der Waals surface area (Å²) in [5, 5.41) is 0. The van der Waals surface area contributed by atoms with Crippen LogP contribution in [-0.4, -0.2) is 19.1 Å². The van der Waals surface area contributed by atoms with Crippen LogP contribution in [0.5, 0.6) is 0 Å². The van der Waals surface area contributed by atoms with Crippen LogP contribution in [0.2, 0.25) is 0 Å². The van der Waals surface area contributed by atoms with Gasteiger partial charge in [0.1, 0.15) is 0 Å². The van der Waals surface area contributed by atoms with E-state index >= 15 is 0 Å². The van der Waals surface area contributed by atoms with Crippen molar-refractivity contribution in [3.05, 3.63) is 35.9 Å². The Kier molecular flexibility index (Phi) is 5.53. The van der Waals surface area contributed by atoms with Crippen molar-refractivity contribution in [2.24, 2.45) is 0 Å². The lowest BCUT2D eigenvalue weighted by Crippen LogP contribution is -2.39. The molecule has 0 bridgehead atoms. The van der Waals surface area contributed by atoms with Gasteiger partial charge in [0, 0.05) is 12.6 Å². The first-order valence-electron chi connectivity index (χ1n) is 5.31. The maximum atomic E-state index is 11.0. The normalized spacial score (nSPS) is 12.1. The molecule has 2 N–H and O–H groups in total. The molecule has 0 aliphatic carbocycles. The number of hydrogen-bond donors (Lipinski definition) is 2. The average Bonchev–Trinajstić information content (AvgIpc) is 2.30. The molecule has 4 nitrogen and oxygen atoms in total. The van der Waals surface area contributed by atoms with E-state index in [1.165, 1.54) is 12.7 Å². The molecular weight excluding hydrogens is 204 g/mol. The second-order valence-electron chi connectivity index (χ2n) is 3.66. The van der Waals surface area contributed by atoms with Crippen molar-refractivity contribution in [2.45, 2.75) is 25.9 Å². The zero-order chi connectivity index (χ0) is 11.8. The summed E-state index contributed by atoms with van der Waals surface area (Å²) in [6.07, 6.45) is 0.359. The quantitative estimate of drug-likeness (QED) is 0.561. The number of benzene rings is 1. The maximum Gasteiger partial charge on any atom is 0.307 e. The number of carbonyl (C=O) groups is 1. The molecular formula is C12H18N2O2. The van der Waals surface area contributed by atoms with E-state index in [0.29, 0.717) is 6.42 Å². The van der Waals surface area contributed by atoms with Crippen LogP contribution in [0.4, 0.5) is 0 Å². The Morgan fingerprint density at radius 2 is 2.06 bits per heavy atom. The number of carbonyl (C=O) groups excluding carboxylic acids is 1. The molecule has 1 aromatic carbocycles. The minimum Gasteiger partial charge on any atom is -0.469 e. The van der Waals surface area contributed by atoms with Gasteiger partial charge in [0.25, 0.3) is 0 Å². The Balaban J connectivity index is 2.18. The number of nitrogens with one attached hydrogen (secondary N) is 2. The highest BCUT2D eigenvalue weighted by Gasteiger charge is 2.07. The van der Waals surface area contributed by atoms with Gasteiger partial charge in [-0.05, 0) is 12.5 Å². The molecule has 0 fully saturated rings. The van der Waals surface area contributed by atoms with E-state index in [0.717, 1.165) is 6.54 Å². The van der Waals surface area contributed by atoms with Crippen molar-refractivity contribution < 1.29 is 9.53 Å². The Morgan fingerprint density at radius 3 is 2.69 bits per heavy atom. The van der Waals surface area contributed by atoms with Gasteiger partial charge in [0.05, 0.1) is 13.5 Å². The second-order valence-corrected chi connectivity index (χ2v) is 3.66. The summed E-state index contributed by atoms with van der Waals surface area (Å²) in [7, 11) is 1.40. The first-order chi connectivity index (χ1) is 7.72. The van der Waals surface area contributed by atoms with E-state index in [1.807, 2.05) is 37.3 Å². The summed E-state index contributed by atoms with van der Waals surface area (Å²) in [5.74, 6) is -0.207. The monoisotopic (exact) mass is 222 g/mol. The topological polar surface area (TPSA) is 50.4 Å². The van der Waals surface area contributed by atoms with E-state index in [4.69, 9.17) is 0 Å². The molecule has 88 valence electrons. The molecule has 0 saturated carbocycles. The van der Waals surface area contributed by atoms with E-state index in [2.05, 4.69) is 15.6 Å². The third-order valence-electron chi connectivity index (χ3n) is 2.18. The van der Waals surface area contributed by atoms with Gasteiger partial charge in [-0.3, -0.25) is 15.6 Å². The molecule has 16 heavy (non-hydrogen) atoms. The van der Waals surface area contributed by atoms with Gasteiger partial charge in [-0.15, -0.1) is 0 Å². The van der Waals surface area contributed by atoms with Crippen LogP contribution < -0.4 is 10.9 Å². The lowest BCUT2D eigenvalue weighted by atomic mass is 10.2.